The average Bonchev–Trinajstić information content (AvgIpc) is 3.15. The second kappa shape index (κ2) is 5.60. The van der Waals surface area contributed by atoms with E-state index in [1.165, 1.54) is 0 Å². The van der Waals surface area contributed by atoms with Crippen LogP contribution in [0, 0.1) is 6.92 Å². The van der Waals surface area contributed by atoms with Gasteiger partial charge in [0, 0.05) is 12.6 Å². The largest absolute Gasteiger partial charge is 0.497 e. The number of aromatic nitrogens is 1. The lowest BCUT2D eigenvalue weighted by Gasteiger charge is -2.24. The fourth-order valence-corrected chi connectivity index (χ4v) is 2.79. The molecule has 1 aliphatic heterocycles. The first-order valence-corrected chi connectivity index (χ1v) is 7.07. The molecule has 0 radical (unpaired) electrons. The lowest BCUT2D eigenvalue weighted by Crippen LogP contribution is -2.30. The van der Waals surface area contributed by atoms with Crippen molar-refractivity contribution in [2.24, 2.45) is 0 Å². The molecule has 1 saturated heterocycles. The van der Waals surface area contributed by atoms with E-state index in [-0.39, 0.29) is 11.9 Å². The van der Waals surface area contributed by atoms with Gasteiger partial charge in [0.25, 0.3) is 5.91 Å². The Morgan fingerprint density at radius 1 is 1.38 bits per heavy atom. The fraction of sp³-hybridized carbons (Fsp3) is 0.375. The molecule has 2 heterocycles. The molecule has 2 aromatic rings. The molecule has 1 aliphatic rings. The minimum Gasteiger partial charge on any atom is -0.497 e. The van der Waals surface area contributed by atoms with Crippen molar-refractivity contribution in [2.45, 2.75) is 25.8 Å². The summed E-state index contributed by atoms with van der Waals surface area (Å²) in [7, 11) is 1.65. The van der Waals surface area contributed by atoms with Crippen LogP contribution in [0.2, 0.25) is 0 Å². The molecule has 110 valence electrons. The van der Waals surface area contributed by atoms with Crippen LogP contribution in [0.3, 0.4) is 0 Å². The Morgan fingerprint density at radius 2 is 2.14 bits per heavy atom. The summed E-state index contributed by atoms with van der Waals surface area (Å²) in [6.45, 7) is 2.56. The third-order valence-electron chi connectivity index (χ3n) is 3.85. The summed E-state index contributed by atoms with van der Waals surface area (Å²) in [5, 5.41) is 3.79. The average molecular weight is 286 g/mol. The van der Waals surface area contributed by atoms with Gasteiger partial charge in [-0.25, -0.2) is 0 Å². The zero-order valence-corrected chi connectivity index (χ0v) is 12.2. The number of nitrogens with zero attached hydrogens (tertiary/aromatic N) is 2. The number of carbonyl (C=O) groups is 1. The summed E-state index contributed by atoms with van der Waals surface area (Å²) < 4.78 is 10.3. The Hall–Kier alpha value is -2.30. The minimum atomic E-state index is -0.0890. The first-order chi connectivity index (χ1) is 10.2. The molecular weight excluding hydrogens is 268 g/mol. The molecule has 1 atom stereocenters. The third-order valence-corrected chi connectivity index (χ3v) is 3.85. The number of rotatable bonds is 3. The van der Waals surface area contributed by atoms with Crippen LogP contribution >= 0.6 is 0 Å². The van der Waals surface area contributed by atoms with Gasteiger partial charge in [-0.2, -0.15) is 0 Å². The van der Waals surface area contributed by atoms with Crippen LogP contribution in [0.15, 0.2) is 34.9 Å². The molecule has 0 spiro atoms. The number of carbonyl (C=O) groups excluding carboxylic acids is 1. The van der Waals surface area contributed by atoms with Gasteiger partial charge in [0.1, 0.15) is 5.75 Å². The van der Waals surface area contributed by atoms with Gasteiger partial charge in [-0.15, -0.1) is 0 Å². The number of aryl methyl sites for hydroxylation is 1. The molecule has 5 nitrogen and oxygen atoms in total. The second-order valence-corrected chi connectivity index (χ2v) is 5.26. The number of methoxy groups -OCH3 is 1. The molecule has 0 saturated carbocycles. The Kier molecular flexibility index (Phi) is 3.64. The summed E-state index contributed by atoms with van der Waals surface area (Å²) in [5.74, 6) is 1.04. The van der Waals surface area contributed by atoms with Crippen molar-refractivity contribution in [3.8, 4) is 5.75 Å². The highest BCUT2D eigenvalue weighted by Crippen LogP contribution is 2.33. The van der Waals surface area contributed by atoms with Gasteiger partial charge in [-0.3, -0.25) is 4.79 Å². The van der Waals surface area contributed by atoms with E-state index in [2.05, 4.69) is 5.16 Å². The number of hydrogen-bond acceptors (Lipinski definition) is 4. The highest BCUT2D eigenvalue weighted by atomic mass is 16.5. The molecule has 1 fully saturated rings. The molecule has 1 aromatic heterocycles. The van der Waals surface area contributed by atoms with Crippen molar-refractivity contribution in [2.75, 3.05) is 13.7 Å². The summed E-state index contributed by atoms with van der Waals surface area (Å²) in [5.41, 5.74) is 1.84. The summed E-state index contributed by atoms with van der Waals surface area (Å²) in [6, 6.07) is 9.66. The number of likely N-dealkylation sites (tertiary alicyclic amines) is 1. The quantitative estimate of drug-likeness (QED) is 0.870. The van der Waals surface area contributed by atoms with Gasteiger partial charge in [0.15, 0.2) is 0 Å². The van der Waals surface area contributed by atoms with E-state index >= 15 is 0 Å². The van der Waals surface area contributed by atoms with Crippen molar-refractivity contribution in [1.82, 2.24) is 10.1 Å². The Labute approximate surface area is 123 Å². The smallest absolute Gasteiger partial charge is 0.292 e. The maximum Gasteiger partial charge on any atom is 0.292 e. The van der Waals surface area contributed by atoms with Crippen LogP contribution in [-0.4, -0.2) is 29.6 Å². The zero-order chi connectivity index (χ0) is 14.8. The van der Waals surface area contributed by atoms with Crippen molar-refractivity contribution < 1.29 is 14.1 Å². The van der Waals surface area contributed by atoms with Crippen LogP contribution < -0.4 is 4.74 Å². The van der Waals surface area contributed by atoms with E-state index in [0.29, 0.717) is 5.76 Å². The van der Waals surface area contributed by atoms with Crippen molar-refractivity contribution in [3.05, 3.63) is 47.3 Å². The van der Waals surface area contributed by atoms with E-state index in [1.54, 1.807) is 13.2 Å². The molecule has 1 unspecified atom stereocenters. The van der Waals surface area contributed by atoms with Crippen molar-refractivity contribution in [3.63, 3.8) is 0 Å². The van der Waals surface area contributed by atoms with E-state index < -0.39 is 0 Å². The maximum atomic E-state index is 12.5. The monoisotopic (exact) mass is 286 g/mol. The predicted octanol–water partition coefficient (Wildman–Crippen LogP) is 2.97. The molecule has 1 amide bonds. The van der Waals surface area contributed by atoms with Gasteiger partial charge in [0.2, 0.25) is 5.76 Å². The minimum absolute atomic E-state index is 0.0890. The second-order valence-electron chi connectivity index (χ2n) is 5.26. The lowest BCUT2D eigenvalue weighted by atomic mass is 10.0. The van der Waals surface area contributed by atoms with Crippen LogP contribution in [-0.2, 0) is 0 Å². The standard InChI is InChI=1S/C16H18N2O3/c1-11-10-15(21-17-11)16(19)18-9-3-4-14(18)12-5-7-13(20-2)8-6-12/h5-8,10,14H,3-4,9H2,1-2H3. The summed E-state index contributed by atoms with van der Waals surface area (Å²) in [6.07, 6.45) is 1.96. The van der Waals surface area contributed by atoms with Crippen LogP contribution in [0.4, 0.5) is 0 Å². The molecule has 0 aliphatic carbocycles. The van der Waals surface area contributed by atoms with Crippen molar-refractivity contribution in [1.29, 1.82) is 0 Å². The number of benzene rings is 1. The summed E-state index contributed by atoms with van der Waals surface area (Å²) >= 11 is 0. The number of amides is 1. The predicted molar refractivity (Wildman–Crippen MR) is 77.2 cm³/mol. The molecular formula is C16H18N2O3. The van der Waals surface area contributed by atoms with Crippen LogP contribution in [0.5, 0.6) is 5.75 Å². The zero-order valence-electron chi connectivity index (χ0n) is 12.2. The van der Waals surface area contributed by atoms with Gasteiger partial charge >= 0.3 is 0 Å². The fourth-order valence-electron chi connectivity index (χ4n) is 2.79. The van der Waals surface area contributed by atoms with Crippen molar-refractivity contribution >= 4 is 5.91 Å². The normalized spacial score (nSPS) is 18.0. The number of ether oxygens (including phenoxy) is 1. The topological polar surface area (TPSA) is 55.6 Å². The van der Waals surface area contributed by atoms with E-state index in [1.807, 2.05) is 36.1 Å². The first-order valence-electron chi connectivity index (χ1n) is 7.07. The molecule has 3 rings (SSSR count). The summed E-state index contributed by atoms with van der Waals surface area (Å²) in [4.78, 5) is 14.4. The highest BCUT2D eigenvalue weighted by Gasteiger charge is 2.32. The third kappa shape index (κ3) is 2.63. The van der Waals surface area contributed by atoms with E-state index in [4.69, 9.17) is 9.26 Å². The molecule has 21 heavy (non-hydrogen) atoms. The van der Waals surface area contributed by atoms with Gasteiger partial charge in [-0.05, 0) is 37.5 Å². The molecule has 0 bridgehead atoms. The van der Waals surface area contributed by atoms with Crippen LogP contribution in [0.25, 0.3) is 0 Å². The van der Waals surface area contributed by atoms with E-state index in [0.717, 1.165) is 36.4 Å². The molecule has 0 N–H and O–H groups in total. The number of hydrogen-bond donors (Lipinski definition) is 0. The first kappa shape index (κ1) is 13.7. The molecule has 1 aromatic carbocycles. The maximum absolute atomic E-state index is 12.5. The van der Waals surface area contributed by atoms with E-state index in [9.17, 15) is 4.79 Å². The SMILES string of the molecule is COc1ccc(C2CCCN2C(=O)c2cc(C)no2)cc1. The van der Waals surface area contributed by atoms with Gasteiger partial charge in [-0.1, -0.05) is 17.3 Å². The Bertz CT molecular complexity index is 633. The van der Waals surface area contributed by atoms with Crippen LogP contribution in [0.1, 0.15) is 40.7 Å². The molecule has 5 heteroatoms. The lowest BCUT2D eigenvalue weighted by molar-refractivity contribution is 0.0693. The Balaban J connectivity index is 1.83. The Morgan fingerprint density at radius 3 is 2.76 bits per heavy atom. The van der Waals surface area contributed by atoms with Gasteiger partial charge in [0.05, 0.1) is 18.8 Å². The van der Waals surface area contributed by atoms with Gasteiger partial charge < -0.3 is 14.2 Å². The highest BCUT2D eigenvalue weighted by molar-refractivity contribution is 5.92.